The zero-order valence-corrected chi connectivity index (χ0v) is 12.6. The number of hydrogen-bond donors (Lipinski definition) is 1. The third kappa shape index (κ3) is 3.06. The molecular formula is C11H10Br2N2S. The molecule has 1 aromatic heterocycles. The largest absolute Gasteiger partial charge is 0.379 e. The molecule has 0 atom stereocenters. The summed E-state index contributed by atoms with van der Waals surface area (Å²) in [4.78, 5) is 5.47. The van der Waals surface area contributed by atoms with Crippen molar-refractivity contribution in [1.82, 2.24) is 4.98 Å². The van der Waals surface area contributed by atoms with Gasteiger partial charge in [-0.15, -0.1) is 11.3 Å². The zero-order chi connectivity index (χ0) is 11.5. The molecule has 0 amide bonds. The molecule has 1 heterocycles. The van der Waals surface area contributed by atoms with Gasteiger partial charge in [-0.2, -0.15) is 0 Å². The number of hydrogen-bond acceptors (Lipinski definition) is 3. The van der Waals surface area contributed by atoms with Gasteiger partial charge in [0.1, 0.15) is 0 Å². The Morgan fingerprint density at radius 1 is 1.38 bits per heavy atom. The van der Waals surface area contributed by atoms with Gasteiger partial charge in [0.15, 0.2) is 0 Å². The number of aromatic nitrogens is 1. The molecule has 0 radical (unpaired) electrons. The molecule has 0 aliphatic heterocycles. The number of nitrogens with zero attached hydrogens (tertiary/aromatic N) is 1. The summed E-state index contributed by atoms with van der Waals surface area (Å²) in [5.74, 6) is 0. The first-order valence-corrected chi connectivity index (χ1v) is 7.15. The molecular weight excluding hydrogens is 352 g/mol. The van der Waals surface area contributed by atoms with E-state index in [0.717, 1.165) is 26.2 Å². The Kier molecular flexibility index (Phi) is 4.00. The molecule has 0 saturated heterocycles. The number of nitrogens with one attached hydrogen (secondary N) is 1. The monoisotopic (exact) mass is 360 g/mol. The van der Waals surface area contributed by atoms with Crippen molar-refractivity contribution in [3.63, 3.8) is 0 Å². The predicted octanol–water partition coefficient (Wildman–Crippen LogP) is 4.59. The second-order valence-electron chi connectivity index (χ2n) is 3.32. The average Bonchev–Trinajstić information content (AvgIpc) is 2.66. The highest BCUT2D eigenvalue weighted by Gasteiger charge is 2.02. The summed E-state index contributed by atoms with van der Waals surface area (Å²) in [5, 5.41) is 4.48. The van der Waals surface area contributed by atoms with Gasteiger partial charge in [-0.25, -0.2) is 4.98 Å². The van der Waals surface area contributed by atoms with E-state index in [4.69, 9.17) is 0 Å². The molecule has 0 unspecified atom stereocenters. The van der Waals surface area contributed by atoms with Gasteiger partial charge in [-0.05, 0) is 41.1 Å². The maximum absolute atomic E-state index is 4.23. The Morgan fingerprint density at radius 3 is 2.88 bits per heavy atom. The third-order valence-corrected chi connectivity index (χ3v) is 4.15. The lowest BCUT2D eigenvalue weighted by Gasteiger charge is -2.07. The summed E-state index contributed by atoms with van der Waals surface area (Å²) < 4.78 is 2.13. The van der Waals surface area contributed by atoms with Crippen LogP contribution in [0.5, 0.6) is 0 Å². The van der Waals surface area contributed by atoms with Gasteiger partial charge >= 0.3 is 0 Å². The molecule has 0 aliphatic carbocycles. The van der Waals surface area contributed by atoms with Gasteiger partial charge in [0.25, 0.3) is 0 Å². The van der Waals surface area contributed by atoms with E-state index in [9.17, 15) is 0 Å². The number of halogens is 2. The number of benzene rings is 1. The van der Waals surface area contributed by atoms with Crippen molar-refractivity contribution in [2.75, 3.05) is 5.32 Å². The molecule has 2 nitrogen and oxygen atoms in total. The summed E-state index contributed by atoms with van der Waals surface area (Å²) in [6.45, 7) is 2.82. The van der Waals surface area contributed by atoms with Crippen LogP contribution in [0.4, 0.5) is 5.69 Å². The minimum atomic E-state index is 0.806. The Hall–Kier alpha value is -0.390. The fourth-order valence-corrected chi connectivity index (χ4v) is 2.78. The highest BCUT2D eigenvalue weighted by Crippen LogP contribution is 2.27. The molecule has 84 valence electrons. The molecule has 5 heteroatoms. The summed E-state index contributed by atoms with van der Waals surface area (Å²) in [5.41, 5.74) is 1.08. The Bertz CT molecular complexity index is 496. The lowest BCUT2D eigenvalue weighted by Crippen LogP contribution is -1.98. The van der Waals surface area contributed by atoms with Crippen LogP contribution in [0.25, 0.3) is 0 Å². The summed E-state index contributed by atoms with van der Waals surface area (Å²) >= 11 is 8.69. The van der Waals surface area contributed by atoms with Gasteiger partial charge < -0.3 is 5.32 Å². The minimum Gasteiger partial charge on any atom is -0.379 e. The van der Waals surface area contributed by atoms with Crippen LogP contribution < -0.4 is 5.32 Å². The van der Waals surface area contributed by atoms with E-state index in [0.29, 0.717) is 0 Å². The quantitative estimate of drug-likeness (QED) is 0.864. The van der Waals surface area contributed by atoms with E-state index in [1.807, 2.05) is 25.3 Å². The minimum absolute atomic E-state index is 0.806. The van der Waals surface area contributed by atoms with Crippen LogP contribution in [0, 0.1) is 6.92 Å². The third-order valence-electron chi connectivity index (χ3n) is 2.05. The Labute approximate surface area is 115 Å². The fourth-order valence-electron chi connectivity index (χ4n) is 1.30. The molecule has 0 saturated carbocycles. The van der Waals surface area contributed by atoms with E-state index >= 15 is 0 Å². The Morgan fingerprint density at radius 2 is 2.19 bits per heavy atom. The van der Waals surface area contributed by atoms with Crippen LogP contribution in [0.3, 0.4) is 0 Å². The summed E-state index contributed by atoms with van der Waals surface area (Å²) in [6, 6.07) is 6.08. The predicted molar refractivity (Wildman–Crippen MR) is 76.0 cm³/mol. The lowest BCUT2D eigenvalue weighted by molar-refractivity contribution is 1.16. The average molecular weight is 362 g/mol. The van der Waals surface area contributed by atoms with Crippen LogP contribution in [0.2, 0.25) is 0 Å². The zero-order valence-electron chi connectivity index (χ0n) is 8.63. The van der Waals surface area contributed by atoms with Crippen molar-refractivity contribution < 1.29 is 0 Å². The molecule has 1 N–H and O–H groups in total. The van der Waals surface area contributed by atoms with Crippen molar-refractivity contribution in [2.24, 2.45) is 0 Å². The van der Waals surface area contributed by atoms with Crippen LogP contribution in [-0.4, -0.2) is 4.98 Å². The normalized spacial score (nSPS) is 10.4. The molecule has 0 aliphatic rings. The van der Waals surface area contributed by atoms with E-state index in [-0.39, 0.29) is 0 Å². The first-order chi connectivity index (χ1) is 7.65. The number of anilines is 1. The van der Waals surface area contributed by atoms with Crippen LogP contribution in [-0.2, 0) is 6.54 Å². The Balaban J connectivity index is 2.07. The summed E-state index contributed by atoms with van der Waals surface area (Å²) in [7, 11) is 0. The van der Waals surface area contributed by atoms with Crippen LogP contribution in [0.15, 0.2) is 33.3 Å². The van der Waals surface area contributed by atoms with E-state index in [1.54, 1.807) is 11.3 Å². The highest BCUT2D eigenvalue weighted by molar-refractivity contribution is 9.11. The van der Waals surface area contributed by atoms with Crippen LogP contribution in [0.1, 0.15) is 9.88 Å². The first kappa shape index (κ1) is 12.1. The molecule has 0 fully saturated rings. The van der Waals surface area contributed by atoms with Crippen molar-refractivity contribution in [3.05, 3.63) is 43.2 Å². The smallest absolute Gasteiger partial charge is 0.0897 e. The standard InChI is InChI=1S/C11H10Br2N2S/c1-7-14-5-9(16-7)6-15-11-4-8(12)2-3-10(11)13/h2-5,15H,6H2,1H3. The van der Waals surface area contributed by atoms with Crippen molar-refractivity contribution in [1.29, 1.82) is 0 Å². The van der Waals surface area contributed by atoms with Gasteiger partial charge in [0, 0.05) is 25.7 Å². The molecule has 1 aromatic carbocycles. The molecule has 2 rings (SSSR count). The molecule has 2 aromatic rings. The summed E-state index contributed by atoms with van der Waals surface area (Å²) in [6.07, 6.45) is 1.92. The highest BCUT2D eigenvalue weighted by atomic mass is 79.9. The second kappa shape index (κ2) is 5.29. The molecule has 16 heavy (non-hydrogen) atoms. The van der Waals surface area contributed by atoms with E-state index in [1.165, 1.54) is 4.88 Å². The number of rotatable bonds is 3. The number of thiazole rings is 1. The van der Waals surface area contributed by atoms with E-state index in [2.05, 4.69) is 48.2 Å². The second-order valence-corrected chi connectivity index (χ2v) is 6.41. The SMILES string of the molecule is Cc1ncc(CNc2cc(Br)ccc2Br)s1. The maximum atomic E-state index is 4.23. The van der Waals surface area contributed by atoms with Gasteiger partial charge in [-0.3, -0.25) is 0 Å². The van der Waals surface area contributed by atoms with Crippen LogP contribution >= 0.6 is 43.2 Å². The van der Waals surface area contributed by atoms with Crippen molar-refractivity contribution >= 4 is 48.9 Å². The van der Waals surface area contributed by atoms with E-state index < -0.39 is 0 Å². The lowest BCUT2D eigenvalue weighted by atomic mass is 10.3. The molecule has 0 spiro atoms. The first-order valence-electron chi connectivity index (χ1n) is 4.75. The van der Waals surface area contributed by atoms with Crippen molar-refractivity contribution in [3.8, 4) is 0 Å². The van der Waals surface area contributed by atoms with Crippen molar-refractivity contribution in [2.45, 2.75) is 13.5 Å². The maximum Gasteiger partial charge on any atom is 0.0897 e. The van der Waals surface area contributed by atoms with Gasteiger partial charge in [0.2, 0.25) is 0 Å². The topological polar surface area (TPSA) is 24.9 Å². The van der Waals surface area contributed by atoms with Gasteiger partial charge in [-0.1, -0.05) is 15.9 Å². The fraction of sp³-hybridized carbons (Fsp3) is 0.182. The van der Waals surface area contributed by atoms with Gasteiger partial charge in [0.05, 0.1) is 11.6 Å². The number of aryl methyl sites for hydroxylation is 1. The molecule has 0 bridgehead atoms.